The van der Waals surface area contributed by atoms with Gasteiger partial charge in [0.25, 0.3) is 0 Å². The Hall–Kier alpha value is -1.77. The van der Waals surface area contributed by atoms with E-state index in [1.165, 1.54) is 42.7 Å². The minimum absolute atomic E-state index is 0. The molecule has 6 nitrogen and oxygen atoms in total. The average molecular weight is 511 g/mol. The van der Waals surface area contributed by atoms with E-state index in [2.05, 4.69) is 56.9 Å². The topological polar surface area (TPSA) is 65.7 Å². The van der Waals surface area contributed by atoms with Gasteiger partial charge < -0.3 is 20.1 Å². The second-order valence-electron chi connectivity index (χ2n) is 7.56. The number of anilines is 1. The number of hydrogen-bond acceptors (Lipinski definition) is 4. The minimum atomic E-state index is 0. The predicted molar refractivity (Wildman–Crippen MR) is 131 cm³/mol. The van der Waals surface area contributed by atoms with Gasteiger partial charge in [0, 0.05) is 37.9 Å². The highest BCUT2D eigenvalue weighted by Gasteiger charge is 2.14. The van der Waals surface area contributed by atoms with Gasteiger partial charge in [-0.2, -0.15) is 0 Å². The van der Waals surface area contributed by atoms with E-state index >= 15 is 0 Å². The van der Waals surface area contributed by atoms with Gasteiger partial charge >= 0.3 is 0 Å². The first kappa shape index (κ1) is 23.5. The highest BCUT2D eigenvalue weighted by molar-refractivity contribution is 14.0. The molecule has 29 heavy (non-hydrogen) atoms. The van der Waals surface area contributed by atoms with Crippen molar-refractivity contribution in [2.24, 2.45) is 4.99 Å². The van der Waals surface area contributed by atoms with Gasteiger partial charge in [-0.15, -0.1) is 24.0 Å². The molecule has 0 amide bonds. The molecule has 1 fully saturated rings. The van der Waals surface area contributed by atoms with E-state index in [4.69, 9.17) is 4.52 Å². The van der Waals surface area contributed by atoms with E-state index in [1.54, 1.807) is 0 Å². The van der Waals surface area contributed by atoms with Crippen molar-refractivity contribution in [3.63, 3.8) is 0 Å². The second kappa shape index (κ2) is 11.4. The number of hydrogen-bond donors (Lipinski definition) is 2. The van der Waals surface area contributed by atoms with Crippen LogP contribution in [-0.4, -0.2) is 37.8 Å². The van der Waals surface area contributed by atoms with Crippen LogP contribution in [0, 0.1) is 13.8 Å². The summed E-state index contributed by atoms with van der Waals surface area (Å²) < 4.78 is 5.23. The second-order valence-corrected chi connectivity index (χ2v) is 7.56. The zero-order valence-corrected chi connectivity index (χ0v) is 20.3. The molecule has 1 atom stereocenters. The molecule has 3 rings (SSSR count). The number of aromatic nitrogens is 1. The first-order valence-corrected chi connectivity index (χ1v) is 10.3. The van der Waals surface area contributed by atoms with Crippen LogP contribution in [-0.2, 0) is 6.42 Å². The maximum absolute atomic E-state index is 5.23. The first-order valence-electron chi connectivity index (χ1n) is 10.3. The predicted octanol–water partition coefficient (Wildman–Crippen LogP) is 4.37. The molecule has 2 heterocycles. The monoisotopic (exact) mass is 511 g/mol. The number of nitrogens with one attached hydrogen (secondary N) is 2. The number of halogens is 1. The Labute approximate surface area is 191 Å². The summed E-state index contributed by atoms with van der Waals surface area (Å²) in [5.41, 5.74) is 4.82. The molecule has 0 radical (unpaired) electrons. The van der Waals surface area contributed by atoms with Crippen molar-refractivity contribution in [2.45, 2.75) is 52.5 Å². The van der Waals surface area contributed by atoms with Crippen LogP contribution in [0.1, 0.15) is 54.8 Å². The van der Waals surface area contributed by atoms with Gasteiger partial charge in [-0.25, -0.2) is 0 Å². The van der Waals surface area contributed by atoms with Gasteiger partial charge in [0.05, 0.1) is 11.7 Å². The normalized spacial score (nSPS) is 15.2. The summed E-state index contributed by atoms with van der Waals surface area (Å²) in [6.07, 6.45) is 4.55. The third kappa shape index (κ3) is 6.35. The molecule has 0 spiro atoms. The van der Waals surface area contributed by atoms with Crippen LogP contribution in [0.2, 0.25) is 0 Å². The average Bonchev–Trinajstić information content (AvgIpc) is 3.35. The first-order chi connectivity index (χ1) is 13.6. The van der Waals surface area contributed by atoms with E-state index in [0.29, 0.717) is 0 Å². The van der Waals surface area contributed by atoms with Crippen molar-refractivity contribution in [1.82, 2.24) is 15.8 Å². The van der Waals surface area contributed by atoms with Crippen molar-refractivity contribution in [1.29, 1.82) is 0 Å². The number of guanidine groups is 1. The van der Waals surface area contributed by atoms with Crippen LogP contribution in [0.3, 0.4) is 0 Å². The van der Waals surface area contributed by atoms with Crippen LogP contribution >= 0.6 is 24.0 Å². The summed E-state index contributed by atoms with van der Waals surface area (Å²) in [7, 11) is 1.82. The Morgan fingerprint density at radius 3 is 2.69 bits per heavy atom. The number of benzene rings is 1. The Bertz CT molecular complexity index is 779. The highest BCUT2D eigenvalue weighted by atomic mass is 127. The lowest BCUT2D eigenvalue weighted by molar-refractivity contribution is 0.392. The fourth-order valence-corrected chi connectivity index (χ4v) is 3.78. The number of aliphatic imine (C=N–C) groups is 1. The molecule has 0 saturated carbocycles. The van der Waals surface area contributed by atoms with Gasteiger partial charge in [-0.1, -0.05) is 17.3 Å². The summed E-state index contributed by atoms with van der Waals surface area (Å²) in [5, 5.41) is 10.9. The smallest absolute Gasteiger partial charge is 0.191 e. The van der Waals surface area contributed by atoms with Gasteiger partial charge in [0.1, 0.15) is 5.76 Å². The van der Waals surface area contributed by atoms with Crippen molar-refractivity contribution in [2.75, 3.05) is 31.6 Å². The van der Waals surface area contributed by atoms with Crippen LogP contribution in [0.4, 0.5) is 5.69 Å². The van der Waals surface area contributed by atoms with Crippen molar-refractivity contribution >= 4 is 35.6 Å². The molecule has 160 valence electrons. The maximum atomic E-state index is 5.23. The fraction of sp³-hybridized carbons (Fsp3) is 0.545. The molecular formula is C22H34IN5O. The lowest BCUT2D eigenvalue weighted by Gasteiger charge is -2.22. The summed E-state index contributed by atoms with van der Waals surface area (Å²) in [6.45, 7) is 9.34. The van der Waals surface area contributed by atoms with Gasteiger partial charge in [0.2, 0.25) is 0 Å². The molecule has 2 N–H and O–H groups in total. The van der Waals surface area contributed by atoms with E-state index in [9.17, 15) is 0 Å². The molecule has 1 unspecified atom stereocenters. The SMILES string of the molecule is CN=C(NCCCc1c(C)noc1C)NC(C)c1cccc(N2CCCC2)c1.I. The molecule has 0 aliphatic carbocycles. The standard InChI is InChI=1S/C22H33N5O.HI/c1-16(19-9-7-10-20(15-19)27-13-5-6-14-27)25-22(23-4)24-12-8-11-21-17(2)26-28-18(21)3;/h7,9-10,15-16H,5-6,8,11-14H2,1-4H3,(H2,23,24,25);1H. The van der Waals surface area contributed by atoms with Crippen LogP contribution in [0.25, 0.3) is 0 Å². The van der Waals surface area contributed by atoms with Gasteiger partial charge in [-0.3, -0.25) is 4.99 Å². The van der Waals surface area contributed by atoms with Gasteiger partial charge in [0.15, 0.2) is 5.96 Å². The maximum Gasteiger partial charge on any atom is 0.191 e. The number of rotatable bonds is 7. The zero-order chi connectivity index (χ0) is 19.9. The van der Waals surface area contributed by atoms with E-state index in [-0.39, 0.29) is 30.0 Å². The van der Waals surface area contributed by atoms with Gasteiger partial charge in [-0.05, 0) is 64.2 Å². The zero-order valence-electron chi connectivity index (χ0n) is 18.0. The molecule has 1 aliphatic heterocycles. The van der Waals surface area contributed by atoms with Crippen molar-refractivity contribution < 1.29 is 4.52 Å². The Morgan fingerprint density at radius 1 is 1.28 bits per heavy atom. The fourth-order valence-electron chi connectivity index (χ4n) is 3.78. The minimum Gasteiger partial charge on any atom is -0.372 e. The third-order valence-corrected chi connectivity index (χ3v) is 5.50. The highest BCUT2D eigenvalue weighted by Crippen LogP contribution is 2.24. The molecule has 1 saturated heterocycles. The number of aryl methyl sites for hydroxylation is 2. The Morgan fingerprint density at radius 2 is 2.03 bits per heavy atom. The van der Waals surface area contributed by atoms with E-state index in [1.807, 2.05) is 20.9 Å². The largest absolute Gasteiger partial charge is 0.372 e. The Balaban J connectivity index is 0.00000300. The third-order valence-electron chi connectivity index (χ3n) is 5.50. The molecule has 1 aliphatic rings. The summed E-state index contributed by atoms with van der Waals surface area (Å²) in [6, 6.07) is 9.04. The van der Waals surface area contributed by atoms with E-state index < -0.39 is 0 Å². The molecular weight excluding hydrogens is 477 g/mol. The van der Waals surface area contributed by atoms with Crippen molar-refractivity contribution in [3.05, 3.63) is 46.8 Å². The van der Waals surface area contributed by atoms with E-state index in [0.717, 1.165) is 36.8 Å². The lowest BCUT2D eigenvalue weighted by Crippen LogP contribution is -2.39. The molecule has 2 aromatic rings. The molecule has 0 bridgehead atoms. The number of nitrogens with zero attached hydrogens (tertiary/aromatic N) is 3. The summed E-state index contributed by atoms with van der Waals surface area (Å²) in [5.74, 6) is 1.75. The molecule has 1 aromatic carbocycles. The quantitative estimate of drug-likeness (QED) is 0.250. The summed E-state index contributed by atoms with van der Waals surface area (Å²) >= 11 is 0. The van der Waals surface area contributed by atoms with Crippen molar-refractivity contribution in [3.8, 4) is 0 Å². The Kier molecular flexibility index (Phi) is 9.26. The summed E-state index contributed by atoms with van der Waals surface area (Å²) in [4.78, 5) is 6.85. The van der Waals surface area contributed by atoms with Crippen LogP contribution in [0.5, 0.6) is 0 Å². The molecule has 7 heteroatoms. The molecule has 1 aromatic heterocycles. The lowest BCUT2D eigenvalue weighted by atomic mass is 10.1. The van der Waals surface area contributed by atoms with Crippen LogP contribution < -0.4 is 15.5 Å². The van der Waals surface area contributed by atoms with Crippen LogP contribution in [0.15, 0.2) is 33.8 Å².